The van der Waals surface area contributed by atoms with Crippen LogP contribution in [0.3, 0.4) is 0 Å². The van der Waals surface area contributed by atoms with E-state index < -0.39 is 18.3 Å². The summed E-state index contributed by atoms with van der Waals surface area (Å²) in [5, 5.41) is 2.60. The van der Waals surface area contributed by atoms with Crippen LogP contribution in [0, 0.1) is 0 Å². The van der Waals surface area contributed by atoms with Crippen molar-refractivity contribution in [1.29, 1.82) is 0 Å². The zero-order chi connectivity index (χ0) is 14.1. The van der Waals surface area contributed by atoms with E-state index in [-0.39, 0.29) is 11.7 Å². The van der Waals surface area contributed by atoms with E-state index in [1.54, 1.807) is 0 Å². The molecule has 7 heteroatoms. The molecule has 1 amide bonds. The Morgan fingerprint density at radius 3 is 2.37 bits per heavy atom. The molecule has 1 aliphatic carbocycles. The molecule has 0 heterocycles. The minimum atomic E-state index is -4.37. The number of rotatable bonds is 4. The minimum absolute atomic E-state index is 0.0872. The maximum absolute atomic E-state index is 11.9. The number of carbonyl (C=O) groups excluding carboxylic acids is 1. The number of nitrogens with two attached hydrogens (primary N) is 1. The lowest BCUT2D eigenvalue weighted by Gasteiger charge is -2.11. The number of benzene rings is 1. The van der Waals surface area contributed by atoms with Crippen molar-refractivity contribution < 1.29 is 22.7 Å². The summed E-state index contributed by atoms with van der Waals surface area (Å²) in [6.07, 6.45) is -3.08. The van der Waals surface area contributed by atoms with E-state index in [1.165, 1.54) is 24.3 Å². The molecule has 104 valence electrons. The molecular weight excluding hydrogens is 261 g/mol. The predicted octanol–water partition coefficient (Wildman–Crippen LogP) is 2.06. The molecule has 3 N–H and O–H groups in total. The molecule has 0 spiro atoms. The van der Waals surface area contributed by atoms with Gasteiger partial charge in [-0.05, 0) is 37.1 Å². The largest absolute Gasteiger partial charge is 0.484 e. The summed E-state index contributed by atoms with van der Waals surface area (Å²) in [7, 11) is 0. The second-order valence-electron chi connectivity index (χ2n) is 4.54. The number of nitrogens with one attached hydrogen (secondary N) is 1. The topological polar surface area (TPSA) is 64.4 Å². The number of anilines is 1. The minimum Gasteiger partial charge on any atom is -0.484 e. The van der Waals surface area contributed by atoms with Gasteiger partial charge in [0.25, 0.3) is 0 Å². The Morgan fingerprint density at radius 1 is 1.32 bits per heavy atom. The molecule has 1 saturated carbocycles. The maximum atomic E-state index is 11.9. The Bertz CT molecular complexity index is 467. The Kier molecular flexibility index (Phi) is 3.40. The maximum Gasteiger partial charge on any atom is 0.422 e. The lowest BCUT2D eigenvalue weighted by Crippen LogP contribution is -2.37. The summed E-state index contributed by atoms with van der Waals surface area (Å²) in [4.78, 5) is 11.6. The fraction of sp³-hybridized carbons (Fsp3) is 0.417. The van der Waals surface area contributed by atoms with Crippen LogP contribution in [0.25, 0.3) is 0 Å². The van der Waals surface area contributed by atoms with Crippen LogP contribution in [0.4, 0.5) is 18.9 Å². The van der Waals surface area contributed by atoms with Crippen molar-refractivity contribution in [3.05, 3.63) is 24.3 Å². The smallest absolute Gasteiger partial charge is 0.422 e. The normalized spacial score (nSPS) is 16.8. The third-order valence-corrected chi connectivity index (χ3v) is 2.76. The van der Waals surface area contributed by atoms with Crippen molar-refractivity contribution in [3.63, 3.8) is 0 Å². The van der Waals surface area contributed by atoms with Gasteiger partial charge in [0.05, 0.1) is 5.54 Å². The SMILES string of the molecule is NC1(C(=O)Nc2ccc(OCC(F)(F)F)cc2)CC1. The molecule has 19 heavy (non-hydrogen) atoms. The zero-order valence-corrected chi connectivity index (χ0v) is 9.96. The number of hydrogen-bond acceptors (Lipinski definition) is 3. The molecule has 0 bridgehead atoms. The third kappa shape index (κ3) is 3.85. The number of ether oxygens (including phenoxy) is 1. The first-order valence-electron chi connectivity index (χ1n) is 5.68. The second kappa shape index (κ2) is 4.73. The molecule has 0 unspecified atom stereocenters. The molecular formula is C12H13F3N2O2. The average Bonchev–Trinajstić information content (AvgIpc) is 3.07. The summed E-state index contributed by atoms with van der Waals surface area (Å²) in [6.45, 7) is -1.34. The predicted molar refractivity (Wildman–Crippen MR) is 62.8 cm³/mol. The van der Waals surface area contributed by atoms with Crippen molar-refractivity contribution >= 4 is 11.6 Å². The van der Waals surface area contributed by atoms with Gasteiger partial charge < -0.3 is 15.8 Å². The third-order valence-electron chi connectivity index (χ3n) is 2.76. The van der Waals surface area contributed by atoms with E-state index in [0.717, 1.165) is 0 Å². The van der Waals surface area contributed by atoms with Gasteiger partial charge in [0.15, 0.2) is 6.61 Å². The average molecular weight is 274 g/mol. The van der Waals surface area contributed by atoms with Crippen LogP contribution in [0.2, 0.25) is 0 Å². The summed E-state index contributed by atoms with van der Waals surface area (Å²) >= 11 is 0. The highest BCUT2D eigenvalue weighted by Gasteiger charge is 2.45. The molecule has 2 rings (SSSR count). The number of hydrogen-bond donors (Lipinski definition) is 2. The summed E-state index contributed by atoms with van der Waals surface area (Å²) in [6, 6.07) is 5.65. The number of halogens is 3. The fourth-order valence-electron chi connectivity index (χ4n) is 1.42. The summed E-state index contributed by atoms with van der Waals surface area (Å²) < 4.78 is 40.4. The molecule has 0 aliphatic heterocycles. The molecule has 0 aromatic heterocycles. The molecule has 1 fully saturated rings. The molecule has 4 nitrogen and oxygen atoms in total. The highest BCUT2D eigenvalue weighted by atomic mass is 19.4. The van der Waals surface area contributed by atoms with Crippen LogP contribution in [-0.4, -0.2) is 24.2 Å². The van der Waals surface area contributed by atoms with Crippen LogP contribution in [-0.2, 0) is 4.79 Å². The number of amides is 1. The van der Waals surface area contributed by atoms with E-state index in [9.17, 15) is 18.0 Å². The van der Waals surface area contributed by atoms with Crippen molar-refractivity contribution in [2.45, 2.75) is 24.6 Å². The van der Waals surface area contributed by atoms with Crippen molar-refractivity contribution in [2.75, 3.05) is 11.9 Å². The zero-order valence-electron chi connectivity index (χ0n) is 9.96. The van der Waals surface area contributed by atoms with Gasteiger partial charge in [-0.15, -0.1) is 0 Å². The first-order chi connectivity index (χ1) is 8.78. The van der Waals surface area contributed by atoms with Crippen LogP contribution >= 0.6 is 0 Å². The number of alkyl halides is 3. The van der Waals surface area contributed by atoms with Gasteiger partial charge in [0.2, 0.25) is 5.91 Å². The lowest BCUT2D eigenvalue weighted by molar-refractivity contribution is -0.153. The van der Waals surface area contributed by atoms with Crippen molar-refractivity contribution in [2.24, 2.45) is 5.73 Å². The molecule has 1 aliphatic rings. The van der Waals surface area contributed by atoms with Crippen LogP contribution in [0.15, 0.2) is 24.3 Å². The molecule has 1 aromatic carbocycles. The van der Waals surface area contributed by atoms with Crippen LogP contribution < -0.4 is 15.8 Å². The van der Waals surface area contributed by atoms with Crippen LogP contribution in [0.1, 0.15) is 12.8 Å². The van der Waals surface area contributed by atoms with Gasteiger partial charge in [-0.1, -0.05) is 0 Å². The van der Waals surface area contributed by atoms with Gasteiger partial charge in [0.1, 0.15) is 5.75 Å². The lowest BCUT2D eigenvalue weighted by atomic mass is 10.2. The highest BCUT2D eigenvalue weighted by Crippen LogP contribution is 2.33. The number of carbonyl (C=O) groups is 1. The van der Waals surface area contributed by atoms with Gasteiger partial charge in [0, 0.05) is 5.69 Å². The quantitative estimate of drug-likeness (QED) is 0.883. The highest BCUT2D eigenvalue weighted by molar-refractivity contribution is 6.00. The monoisotopic (exact) mass is 274 g/mol. The molecule has 0 radical (unpaired) electrons. The van der Waals surface area contributed by atoms with Gasteiger partial charge >= 0.3 is 6.18 Å². The first-order valence-corrected chi connectivity index (χ1v) is 5.68. The Labute approximate surface area is 107 Å². The van der Waals surface area contributed by atoms with Crippen molar-refractivity contribution in [3.8, 4) is 5.75 Å². The van der Waals surface area contributed by atoms with Gasteiger partial charge in [-0.25, -0.2) is 0 Å². The van der Waals surface area contributed by atoms with Gasteiger partial charge in [-0.2, -0.15) is 13.2 Å². The first kappa shape index (κ1) is 13.7. The Morgan fingerprint density at radius 2 is 1.89 bits per heavy atom. The summed E-state index contributed by atoms with van der Waals surface area (Å²) in [5.41, 5.74) is 5.39. The fourth-order valence-corrected chi connectivity index (χ4v) is 1.42. The van der Waals surface area contributed by atoms with E-state index >= 15 is 0 Å². The second-order valence-corrected chi connectivity index (χ2v) is 4.54. The molecule has 1 aromatic rings. The standard InChI is InChI=1S/C12H13F3N2O2/c13-12(14,15)7-19-9-3-1-8(2-4-9)17-10(18)11(16)5-6-11/h1-4H,5-7,16H2,(H,17,18). The van der Waals surface area contributed by atoms with E-state index in [1.807, 2.05) is 0 Å². The summed E-state index contributed by atoms with van der Waals surface area (Å²) in [5.74, 6) is -0.194. The van der Waals surface area contributed by atoms with E-state index in [4.69, 9.17) is 5.73 Å². The van der Waals surface area contributed by atoms with E-state index in [2.05, 4.69) is 10.1 Å². The van der Waals surface area contributed by atoms with E-state index in [0.29, 0.717) is 18.5 Å². The molecule has 0 saturated heterocycles. The van der Waals surface area contributed by atoms with Gasteiger partial charge in [-0.3, -0.25) is 4.79 Å². The Hall–Kier alpha value is -1.76. The van der Waals surface area contributed by atoms with Crippen LogP contribution in [0.5, 0.6) is 5.75 Å². The molecule has 0 atom stereocenters. The van der Waals surface area contributed by atoms with Crippen molar-refractivity contribution in [1.82, 2.24) is 0 Å². The Balaban J connectivity index is 1.89.